The van der Waals surface area contributed by atoms with E-state index >= 15 is 0 Å². The molecule has 0 bridgehead atoms. The third kappa shape index (κ3) is 3.10. The van der Waals surface area contributed by atoms with Crippen LogP contribution in [0.4, 0.5) is 4.39 Å². The van der Waals surface area contributed by atoms with Crippen LogP contribution in [-0.2, 0) is 4.74 Å². The van der Waals surface area contributed by atoms with Gasteiger partial charge in [0, 0.05) is 6.61 Å². The van der Waals surface area contributed by atoms with E-state index in [0.29, 0.717) is 5.56 Å². The number of hydrogen-bond acceptors (Lipinski definition) is 2. The quantitative estimate of drug-likeness (QED) is 0.751. The van der Waals surface area contributed by atoms with E-state index in [0.717, 1.165) is 19.4 Å². The van der Waals surface area contributed by atoms with E-state index in [9.17, 15) is 4.39 Å². The molecule has 1 heterocycles. The molecule has 0 saturated carbocycles. The van der Waals surface area contributed by atoms with Gasteiger partial charge in [0.2, 0.25) is 0 Å². The zero-order valence-electron chi connectivity index (χ0n) is 10.9. The number of hydrogen-bond donors (Lipinski definition) is 0. The summed E-state index contributed by atoms with van der Waals surface area (Å²) in [5, 5.41) is 0. The molecule has 1 fully saturated rings. The first kappa shape index (κ1) is 13.1. The summed E-state index contributed by atoms with van der Waals surface area (Å²) in [5.41, 5.74) is 0.679. The van der Waals surface area contributed by atoms with Gasteiger partial charge in [0.05, 0.1) is 12.4 Å². The molecule has 0 spiro atoms. The van der Waals surface area contributed by atoms with Crippen LogP contribution in [0.25, 0.3) is 0 Å². The molecule has 0 aromatic heterocycles. The summed E-state index contributed by atoms with van der Waals surface area (Å²) >= 11 is 0. The van der Waals surface area contributed by atoms with Crippen molar-refractivity contribution in [3.8, 4) is 5.75 Å². The van der Waals surface area contributed by atoms with Crippen molar-refractivity contribution >= 4 is 0 Å². The van der Waals surface area contributed by atoms with Crippen molar-refractivity contribution in [1.82, 2.24) is 0 Å². The van der Waals surface area contributed by atoms with Gasteiger partial charge in [-0.05, 0) is 36.5 Å². The summed E-state index contributed by atoms with van der Waals surface area (Å²) in [7, 11) is 0. The van der Waals surface area contributed by atoms with Crippen LogP contribution in [0.15, 0.2) is 30.5 Å². The molecule has 1 aromatic carbocycles. The van der Waals surface area contributed by atoms with E-state index in [1.54, 1.807) is 12.1 Å². The maximum absolute atomic E-state index is 14.0. The van der Waals surface area contributed by atoms with E-state index in [1.807, 2.05) is 26.0 Å². The number of ether oxygens (including phenoxy) is 2. The molecule has 2 nitrogen and oxygen atoms in total. The fourth-order valence-corrected chi connectivity index (χ4v) is 2.02. The minimum atomic E-state index is -0.274. The van der Waals surface area contributed by atoms with Gasteiger partial charge in [0.25, 0.3) is 0 Å². The molecule has 1 aliphatic heterocycles. The van der Waals surface area contributed by atoms with Crippen LogP contribution in [0, 0.1) is 5.82 Å². The molecule has 18 heavy (non-hydrogen) atoms. The molecule has 1 aromatic rings. The number of halogens is 1. The first-order valence-corrected chi connectivity index (χ1v) is 6.42. The molecular weight excluding hydrogens is 231 g/mol. The van der Waals surface area contributed by atoms with Crippen LogP contribution in [-0.4, -0.2) is 12.7 Å². The maximum atomic E-state index is 14.0. The average Bonchev–Trinajstić information content (AvgIpc) is 2.84. The highest BCUT2D eigenvalue weighted by Crippen LogP contribution is 2.26. The van der Waals surface area contributed by atoms with Gasteiger partial charge in [-0.25, -0.2) is 4.39 Å². The second kappa shape index (κ2) is 6.01. The lowest BCUT2D eigenvalue weighted by Crippen LogP contribution is -2.01. The Morgan fingerprint density at radius 1 is 1.44 bits per heavy atom. The van der Waals surface area contributed by atoms with Crippen LogP contribution in [0.2, 0.25) is 0 Å². The molecule has 0 radical (unpaired) electrons. The summed E-state index contributed by atoms with van der Waals surface area (Å²) in [4.78, 5) is 0. The molecule has 0 aliphatic carbocycles. The number of benzene rings is 1. The standard InChI is InChI=1S/C15H19FO2/c1-11(2)13-6-3-7-14(15(13)16)18-10-8-12-5-4-9-17-12/h3,6-8,10-12H,4-5,9H2,1-2H3. The van der Waals surface area contributed by atoms with E-state index in [2.05, 4.69) is 0 Å². The average molecular weight is 250 g/mol. The lowest BCUT2D eigenvalue weighted by molar-refractivity contribution is 0.144. The maximum Gasteiger partial charge on any atom is 0.169 e. The Morgan fingerprint density at radius 3 is 2.94 bits per heavy atom. The lowest BCUT2D eigenvalue weighted by Gasteiger charge is -2.10. The summed E-state index contributed by atoms with van der Waals surface area (Å²) in [6.45, 7) is 4.72. The zero-order valence-corrected chi connectivity index (χ0v) is 10.9. The molecule has 1 unspecified atom stereocenters. The minimum absolute atomic E-state index is 0.112. The molecule has 0 amide bonds. The van der Waals surface area contributed by atoms with Gasteiger partial charge in [0.15, 0.2) is 11.6 Å². The first-order valence-electron chi connectivity index (χ1n) is 6.42. The van der Waals surface area contributed by atoms with Gasteiger partial charge < -0.3 is 9.47 Å². The van der Waals surface area contributed by atoms with Crippen molar-refractivity contribution < 1.29 is 13.9 Å². The second-order valence-corrected chi connectivity index (χ2v) is 4.81. The summed E-state index contributed by atoms with van der Waals surface area (Å²) in [6.07, 6.45) is 5.56. The Labute approximate surface area is 107 Å². The molecule has 1 atom stereocenters. The first-order chi connectivity index (χ1) is 8.68. The van der Waals surface area contributed by atoms with Crippen molar-refractivity contribution in [2.45, 2.75) is 38.7 Å². The van der Waals surface area contributed by atoms with Crippen LogP contribution < -0.4 is 4.74 Å². The van der Waals surface area contributed by atoms with Gasteiger partial charge in [-0.15, -0.1) is 0 Å². The molecule has 1 aliphatic rings. The van der Waals surface area contributed by atoms with E-state index in [4.69, 9.17) is 9.47 Å². The van der Waals surface area contributed by atoms with Crippen molar-refractivity contribution in [3.05, 3.63) is 41.9 Å². The Bertz CT molecular complexity index is 421. The Kier molecular flexibility index (Phi) is 4.37. The number of rotatable bonds is 4. The molecule has 2 rings (SSSR count). The molecular formula is C15H19FO2. The van der Waals surface area contributed by atoms with Gasteiger partial charge >= 0.3 is 0 Å². The molecule has 3 heteroatoms. The smallest absolute Gasteiger partial charge is 0.169 e. The normalized spacial score (nSPS) is 19.9. The third-order valence-corrected chi connectivity index (χ3v) is 3.07. The zero-order chi connectivity index (χ0) is 13.0. The third-order valence-electron chi connectivity index (χ3n) is 3.07. The van der Waals surface area contributed by atoms with E-state index in [-0.39, 0.29) is 23.6 Å². The summed E-state index contributed by atoms with van der Waals surface area (Å²) < 4.78 is 24.8. The Hall–Kier alpha value is -1.35. The van der Waals surface area contributed by atoms with E-state index in [1.165, 1.54) is 6.26 Å². The topological polar surface area (TPSA) is 18.5 Å². The second-order valence-electron chi connectivity index (χ2n) is 4.81. The van der Waals surface area contributed by atoms with Crippen LogP contribution >= 0.6 is 0 Å². The molecule has 0 N–H and O–H groups in total. The van der Waals surface area contributed by atoms with Crippen LogP contribution in [0.5, 0.6) is 5.75 Å². The van der Waals surface area contributed by atoms with Crippen molar-refractivity contribution in [1.29, 1.82) is 0 Å². The van der Waals surface area contributed by atoms with Crippen LogP contribution in [0.3, 0.4) is 0 Å². The van der Waals surface area contributed by atoms with Crippen molar-refractivity contribution in [2.75, 3.05) is 6.61 Å². The lowest BCUT2D eigenvalue weighted by atomic mass is 10.0. The van der Waals surface area contributed by atoms with Crippen molar-refractivity contribution in [3.63, 3.8) is 0 Å². The van der Waals surface area contributed by atoms with Gasteiger partial charge in [-0.3, -0.25) is 0 Å². The van der Waals surface area contributed by atoms with Gasteiger partial charge in [-0.2, -0.15) is 0 Å². The van der Waals surface area contributed by atoms with E-state index < -0.39 is 0 Å². The predicted molar refractivity (Wildman–Crippen MR) is 69.2 cm³/mol. The van der Waals surface area contributed by atoms with Crippen molar-refractivity contribution in [2.24, 2.45) is 0 Å². The minimum Gasteiger partial charge on any atom is -0.462 e. The van der Waals surface area contributed by atoms with Crippen LogP contribution in [0.1, 0.15) is 38.2 Å². The highest BCUT2D eigenvalue weighted by molar-refractivity contribution is 5.33. The predicted octanol–water partition coefficient (Wildman–Crippen LogP) is 4.02. The fourth-order valence-electron chi connectivity index (χ4n) is 2.02. The van der Waals surface area contributed by atoms with Gasteiger partial charge in [-0.1, -0.05) is 26.0 Å². The Balaban J connectivity index is 2.02. The van der Waals surface area contributed by atoms with Gasteiger partial charge in [0.1, 0.15) is 0 Å². The molecule has 98 valence electrons. The summed E-state index contributed by atoms with van der Waals surface area (Å²) in [5.74, 6) is 0.149. The highest BCUT2D eigenvalue weighted by atomic mass is 19.1. The highest BCUT2D eigenvalue weighted by Gasteiger charge is 2.13. The monoisotopic (exact) mass is 250 g/mol. The fraction of sp³-hybridized carbons (Fsp3) is 0.467. The molecule has 1 saturated heterocycles. The Morgan fingerprint density at radius 2 is 2.28 bits per heavy atom. The summed E-state index contributed by atoms with van der Waals surface area (Å²) in [6, 6.07) is 5.24. The SMILES string of the molecule is CC(C)c1cccc(OC=CC2CCCO2)c1F. The largest absolute Gasteiger partial charge is 0.462 e.